The van der Waals surface area contributed by atoms with Gasteiger partial charge in [0.1, 0.15) is 12.4 Å². The topological polar surface area (TPSA) is 46.6 Å². The van der Waals surface area contributed by atoms with Gasteiger partial charge in [0.2, 0.25) is 10.0 Å². The van der Waals surface area contributed by atoms with Crippen LogP contribution in [0.5, 0.6) is 5.75 Å². The number of nitrogens with zero attached hydrogens (tertiary/aromatic N) is 1. The molecular formula is C16H19NO3S. The summed E-state index contributed by atoms with van der Waals surface area (Å²) in [6, 6.07) is 17.0. The number of rotatable bonds is 6. The highest BCUT2D eigenvalue weighted by atomic mass is 32.2. The van der Waals surface area contributed by atoms with Gasteiger partial charge in [0.15, 0.2) is 0 Å². The van der Waals surface area contributed by atoms with E-state index in [9.17, 15) is 8.42 Å². The summed E-state index contributed by atoms with van der Waals surface area (Å²) in [5.74, 6) is 0.715. The first-order valence-electron chi connectivity index (χ1n) is 6.75. The third-order valence-electron chi connectivity index (χ3n) is 3.06. The lowest BCUT2D eigenvalue weighted by Gasteiger charge is -2.20. The maximum atomic E-state index is 11.7. The van der Waals surface area contributed by atoms with Crippen LogP contribution in [0.3, 0.4) is 0 Å². The van der Waals surface area contributed by atoms with Crippen molar-refractivity contribution in [3.05, 3.63) is 60.2 Å². The molecule has 2 rings (SSSR count). The molecule has 4 nitrogen and oxygen atoms in total. The highest BCUT2D eigenvalue weighted by molar-refractivity contribution is 7.92. The van der Waals surface area contributed by atoms with Crippen LogP contribution >= 0.6 is 0 Å². The number of ether oxygens (including phenoxy) is 1. The fourth-order valence-corrected chi connectivity index (χ4v) is 3.03. The maximum Gasteiger partial charge on any atom is 0.232 e. The summed E-state index contributed by atoms with van der Waals surface area (Å²) < 4.78 is 30.3. The van der Waals surface area contributed by atoms with Crippen molar-refractivity contribution in [3.8, 4) is 5.75 Å². The molecule has 0 atom stereocenters. The van der Waals surface area contributed by atoms with Gasteiger partial charge in [0.05, 0.1) is 11.9 Å². The highest BCUT2D eigenvalue weighted by Crippen LogP contribution is 2.22. The molecule has 0 N–H and O–H groups in total. The normalized spacial score (nSPS) is 11.1. The molecule has 0 spiro atoms. The summed E-state index contributed by atoms with van der Waals surface area (Å²) in [4.78, 5) is 0. The number of anilines is 1. The lowest BCUT2D eigenvalue weighted by atomic mass is 10.2. The van der Waals surface area contributed by atoms with Gasteiger partial charge in [-0.1, -0.05) is 30.3 Å². The molecule has 2 aromatic carbocycles. The Balaban J connectivity index is 2.05. The number of sulfonamides is 1. The molecule has 0 aliphatic rings. The minimum Gasteiger partial charge on any atom is -0.489 e. The summed E-state index contributed by atoms with van der Waals surface area (Å²) >= 11 is 0. The average Bonchev–Trinajstić information content (AvgIpc) is 2.47. The van der Waals surface area contributed by atoms with Gasteiger partial charge in [-0.15, -0.1) is 0 Å². The summed E-state index contributed by atoms with van der Waals surface area (Å²) in [6.45, 7) is 2.70. The van der Waals surface area contributed by atoms with E-state index in [1.54, 1.807) is 31.2 Å². The maximum absolute atomic E-state index is 11.7. The lowest BCUT2D eigenvalue weighted by Crippen LogP contribution is -2.29. The predicted molar refractivity (Wildman–Crippen MR) is 85.1 cm³/mol. The highest BCUT2D eigenvalue weighted by Gasteiger charge is 2.14. The lowest BCUT2D eigenvalue weighted by molar-refractivity contribution is 0.306. The minimum atomic E-state index is -3.24. The van der Waals surface area contributed by atoms with Crippen LogP contribution in [0, 0.1) is 0 Å². The van der Waals surface area contributed by atoms with Gasteiger partial charge >= 0.3 is 0 Å². The Bertz CT molecular complexity index is 666. The van der Waals surface area contributed by atoms with E-state index in [-0.39, 0.29) is 0 Å². The number of benzene rings is 2. The Kier molecular flexibility index (Phi) is 4.85. The quantitative estimate of drug-likeness (QED) is 0.824. The van der Waals surface area contributed by atoms with Crippen molar-refractivity contribution in [1.82, 2.24) is 0 Å². The van der Waals surface area contributed by atoms with E-state index in [0.29, 0.717) is 24.6 Å². The molecule has 0 bridgehead atoms. The zero-order valence-corrected chi connectivity index (χ0v) is 13.0. The standard InChI is InChI=1S/C16H19NO3S/c1-3-17(21(2,18)19)15-9-11-16(12-10-15)20-13-14-7-5-4-6-8-14/h4-12H,3,13H2,1-2H3. The number of hydrogen-bond acceptors (Lipinski definition) is 3. The predicted octanol–water partition coefficient (Wildman–Crippen LogP) is 3.05. The van der Waals surface area contributed by atoms with Crippen LogP contribution in [-0.2, 0) is 16.6 Å². The van der Waals surface area contributed by atoms with E-state index in [2.05, 4.69) is 0 Å². The van der Waals surface area contributed by atoms with Gasteiger partial charge in [-0.3, -0.25) is 4.31 Å². The van der Waals surface area contributed by atoms with Gasteiger partial charge in [0, 0.05) is 6.54 Å². The molecular weight excluding hydrogens is 286 g/mol. The van der Waals surface area contributed by atoms with Crippen molar-refractivity contribution < 1.29 is 13.2 Å². The van der Waals surface area contributed by atoms with Crippen molar-refractivity contribution in [2.24, 2.45) is 0 Å². The fraction of sp³-hybridized carbons (Fsp3) is 0.250. The molecule has 112 valence electrons. The molecule has 0 unspecified atom stereocenters. The van der Waals surface area contributed by atoms with Crippen molar-refractivity contribution in [1.29, 1.82) is 0 Å². The van der Waals surface area contributed by atoms with E-state index in [1.165, 1.54) is 10.6 Å². The van der Waals surface area contributed by atoms with Crippen LogP contribution in [0.25, 0.3) is 0 Å². The van der Waals surface area contributed by atoms with Crippen LogP contribution in [-0.4, -0.2) is 21.2 Å². The summed E-state index contributed by atoms with van der Waals surface area (Å²) in [7, 11) is -3.24. The van der Waals surface area contributed by atoms with Gasteiger partial charge < -0.3 is 4.74 Å². The summed E-state index contributed by atoms with van der Waals surface area (Å²) in [5.41, 5.74) is 1.74. The third kappa shape index (κ3) is 4.23. The molecule has 0 aliphatic carbocycles. The second kappa shape index (κ2) is 6.63. The Morgan fingerprint density at radius 1 is 1.00 bits per heavy atom. The number of hydrogen-bond donors (Lipinski definition) is 0. The average molecular weight is 305 g/mol. The Morgan fingerprint density at radius 3 is 2.14 bits per heavy atom. The first kappa shape index (κ1) is 15.4. The zero-order valence-electron chi connectivity index (χ0n) is 12.2. The van der Waals surface area contributed by atoms with E-state index >= 15 is 0 Å². The van der Waals surface area contributed by atoms with Crippen LogP contribution in [0.2, 0.25) is 0 Å². The van der Waals surface area contributed by atoms with Crippen LogP contribution < -0.4 is 9.04 Å². The summed E-state index contributed by atoms with van der Waals surface area (Å²) in [5, 5.41) is 0. The fourth-order valence-electron chi connectivity index (χ4n) is 2.06. The molecule has 0 aromatic heterocycles. The van der Waals surface area contributed by atoms with Gasteiger partial charge in [-0.2, -0.15) is 0 Å². The molecule has 0 saturated carbocycles. The van der Waals surface area contributed by atoms with Crippen LogP contribution in [0.15, 0.2) is 54.6 Å². The van der Waals surface area contributed by atoms with Crippen LogP contribution in [0.1, 0.15) is 12.5 Å². The minimum absolute atomic E-state index is 0.406. The monoisotopic (exact) mass is 305 g/mol. The SMILES string of the molecule is CCN(c1ccc(OCc2ccccc2)cc1)S(C)(=O)=O. The van der Waals surface area contributed by atoms with Crippen molar-refractivity contribution in [2.75, 3.05) is 17.1 Å². The molecule has 0 fully saturated rings. The summed E-state index contributed by atoms with van der Waals surface area (Å²) in [6.07, 6.45) is 1.20. The zero-order chi connectivity index (χ0) is 15.3. The van der Waals surface area contributed by atoms with Crippen molar-refractivity contribution in [2.45, 2.75) is 13.5 Å². The van der Waals surface area contributed by atoms with E-state index in [1.807, 2.05) is 30.3 Å². The molecule has 5 heteroatoms. The smallest absolute Gasteiger partial charge is 0.232 e. The molecule has 0 radical (unpaired) electrons. The van der Waals surface area contributed by atoms with Crippen molar-refractivity contribution >= 4 is 15.7 Å². The molecule has 0 heterocycles. The van der Waals surface area contributed by atoms with Crippen LogP contribution in [0.4, 0.5) is 5.69 Å². The Labute approximate surface area is 126 Å². The molecule has 21 heavy (non-hydrogen) atoms. The second-order valence-corrected chi connectivity index (χ2v) is 6.60. The molecule has 2 aromatic rings. The Hall–Kier alpha value is -2.01. The molecule has 0 aliphatic heterocycles. The second-order valence-electron chi connectivity index (χ2n) is 4.70. The van der Waals surface area contributed by atoms with Crippen molar-refractivity contribution in [3.63, 3.8) is 0 Å². The first-order chi connectivity index (χ1) is 10.0. The van der Waals surface area contributed by atoms with Gasteiger partial charge in [-0.25, -0.2) is 8.42 Å². The van der Waals surface area contributed by atoms with Gasteiger partial charge in [0.25, 0.3) is 0 Å². The van der Waals surface area contributed by atoms with E-state index in [4.69, 9.17) is 4.74 Å². The third-order valence-corrected chi connectivity index (χ3v) is 4.33. The largest absolute Gasteiger partial charge is 0.489 e. The van der Waals surface area contributed by atoms with Gasteiger partial charge in [-0.05, 0) is 36.8 Å². The molecule has 0 amide bonds. The Morgan fingerprint density at radius 2 is 1.62 bits per heavy atom. The first-order valence-corrected chi connectivity index (χ1v) is 8.60. The molecule has 0 saturated heterocycles. The van der Waals surface area contributed by atoms with E-state index in [0.717, 1.165) is 5.56 Å². The van der Waals surface area contributed by atoms with E-state index < -0.39 is 10.0 Å².